The Morgan fingerprint density at radius 2 is 2.11 bits per heavy atom. The molecule has 1 aromatic rings. The molecule has 6 heteroatoms. The minimum atomic E-state index is -1.10. The second-order valence-corrected chi connectivity index (χ2v) is 4.31. The van der Waals surface area contributed by atoms with Crippen molar-refractivity contribution in [2.45, 2.75) is 6.42 Å². The molecular formula is C12H14N2O4. The van der Waals surface area contributed by atoms with Gasteiger partial charge in [-0.15, -0.1) is 0 Å². The van der Waals surface area contributed by atoms with Gasteiger partial charge in [-0.05, 0) is 37.2 Å². The molecule has 0 atom stereocenters. The zero-order valence-electron chi connectivity index (χ0n) is 9.64. The van der Waals surface area contributed by atoms with Crippen LogP contribution < -0.4 is 10.6 Å². The SMILES string of the molecule is O=C(CC1CNC1)Nc1cc(C(=O)O)ccc1O. The largest absolute Gasteiger partial charge is 0.506 e. The van der Waals surface area contributed by atoms with Crippen LogP contribution in [0.15, 0.2) is 18.2 Å². The van der Waals surface area contributed by atoms with Crippen molar-refractivity contribution in [2.24, 2.45) is 5.92 Å². The number of carboxylic acids is 1. The van der Waals surface area contributed by atoms with Gasteiger partial charge in [0.1, 0.15) is 5.75 Å². The lowest BCUT2D eigenvalue weighted by molar-refractivity contribution is -0.117. The van der Waals surface area contributed by atoms with Crippen LogP contribution in [-0.2, 0) is 4.79 Å². The average Bonchev–Trinajstić information content (AvgIpc) is 2.26. The summed E-state index contributed by atoms with van der Waals surface area (Å²) < 4.78 is 0. The number of phenolic OH excluding ortho intramolecular Hbond substituents is 1. The Balaban J connectivity index is 2.04. The smallest absolute Gasteiger partial charge is 0.335 e. The summed E-state index contributed by atoms with van der Waals surface area (Å²) in [5, 5.41) is 24.0. The van der Waals surface area contributed by atoms with Crippen LogP contribution in [0.5, 0.6) is 5.75 Å². The highest BCUT2D eigenvalue weighted by Gasteiger charge is 2.20. The van der Waals surface area contributed by atoms with Gasteiger partial charge in [-0.2, -0.15) is 0 Å². The van der Waals surface area contributed by atoms with E-state index in [0.717, 1.165) is 13.1 Å². The molecule has 0 aliphatic carbocycles. The first-order valence-corrected chi connectivity index (χ1v) is 5.63. The highest BCUT2D eigenvalue weighted by atomic mass is 16.4. The Hall–Kier alpha value is -2.08. The van der Waals surface area contributed by atoms with E-state index in [-0.39, 0.29) is 22.9 Å². The van der Waals surface area contributed by atoms with E-state index in [9.17, 15) is 14.7 Å². The number of hydrogen-bond donors (Lipinski definition) is 4. The molecule has 1 fully saturated rings. The zero-order chi connectivity index (χ0) is 13.1. The molecule has 0 aromatic heterocycles. The lowest BCUT2D eigenvalue weighted by atomic mass is 9.99. The molecule has 0 saturated carbocycles. The molecule has 0 spiro atoms. The van der Waals surface area contributed by atoms with Crippen molar-refractivity contribution in [1.29, 1.82) is 0 Å². The van der Waals surface area contributed by atoms with E-state index >= 15 is 0 Å². The third kappa shape index (κ3) is 2.78. The van der Waals surface area contributed by atoms with E-state index in [4.69, 9.17) is 5.11 Å². The van der Waals surface area contributed by atoms with Crippen molar-refractivity contribution in [1.82, 2.24) is 5.32 Å². The van der Waals surface area contributed by atoms with Gasteiger partial charge in [0.2, 0.25) is 5.91 Å². The molecule has 2 rings (SSSR count). The minimum absolute atomic E-state index is 0.0217. The second-order valence-electron chi connectivity index (χ2n) is 4.31. The topological polar surface area (TPSA) is 98.7 Å². The van der Waals surface area contributed by atoms with Gasteiger partial charge in [-0.1, -0.05) is 0 Å². The fourth-order valence-electron chi connectivity index (χ4n) is 1.73. The van der Waals surface area contributed by atoms with Crippen LogP contribution in [0.25, 0.3) is 0 Å². The fourth-order valence-corrected chi connectivity index (χ4v) is 1.73. The predicted octanol–water partition coefficient (Wildman–Crippen LogP) is 0.638. The molecule has 1 saturated heterocycles. The maximum atomic E-state index is 11.7. The first-order chi connectivity index (χ1) is 8.56. The number of carbonyl (C=O) groups is 2. The second kappa shape index (κ2) is 5.05. The number of aromatic hydroxyl groups is 1. The standard InChI is InChI=1S/C12H14N2O4/c15-10-2-1-8(12(17)18)4-9(10)14-11(16)3-7-5-13-6-7/h1-2,4,7,13,15H,3,5-6H2,(H,14,16)(H,17,18). The Labute approximate surface area is 104 Å². The average molecular weight is 250 g/mol. The number of carboxylic acid groups (broad SMARTS) is 1. The lowest BCUT2D eigenvalue weighted by Gasteiger charge is -2.26. The van der Waals surface area contributed by atoms with Crippen LogP contribution in [0.4, 0.5) is 5.69 Å². The van der Waals surface area contributed by atoms with Crippen LogP contribution in [0.2, 0.25) is 0 Å². The summed E-state index contributed by atoms with van der Waals surface area (Å²) in [7, 11) is 0. The van der Waals surface area contributed by atoms with Gasteiger partial charge < -0.3 is 20.8 Å². The Morgan fingerprint density at radius 1 is 1.39 bits per heavy atom. The molecule has 1 aromatic carbocycles. The molecule has 18 heavy (non-hydrogen) atoms. The van der Waals surface area contributed by atoms with Crippen molar-refractivity contribution in [2.75, 3.05) is 18.4 Å². The number of nitrogens with one attached hydrogen (secondary N) is 2. The number of aromatic carboxylic acids is 1. The number of anilines is 1. The van der Waals surface area contributed by atoms with Crippen molar-refractivity contribution in [3.05, 3.63) is 23.8 Å². The van der Waals surface area contributed by atoms with Gasteiger partial charge in [-0.25, -0.2) is 4.79 Å². The predicted molar refractivity (Wildman–Crippen MR) is 64.7 cm³/mol. The summed E-state index contributed by atoms with van der Waals surface area (Å²) in [4.78, 5) is 22.4. The van der Waals surface area contributed by atoms with Crippen LogP contribution >= 0.6 is 0 Å². The number of carbonyl (C=O) groups excluding carboxylic acids is 1. The van der Waals surface area contributed by atoms with Crippen LogP contribution in [0.1, 0.15) is 16.8 Å². The molecule has 0 bridgehead atoms. The Kier molecular flexibility index (Phi) is 3.47. The molecule has 4 N–H and O–H groups in total. The summed E-state index contributed by atoms with van der Waals surface area (Å²) in [6, 6.07) is 3.78. The number of phenols is 1. The summed E-state index contributed by atoms with van der Waals surface area (Å²) in [5.74, 6) is -1.15. The molecule has 1 aliphatic heterocycles. The van der Waals surface area contributed by atoms with E-state index < -0.39 is 5.97 Å². The number of rotatable bonds is 4. The highest BCUT2D eigenvalue weighted by molar-refractivity contribution is 5.95. The molecule has 1 heterocycles. The Morgan fingerprint density at radius 3 is 2.67 bits per heavy atom. The van der Waals surface area contributed by atoms with Gasteiger partial charge in [0.25, 0.3) is 0 Å². The molecule has 1 amide bonds. The van der Waals surface area contributed by atoms with Gasteiger partial charge in [0, 0.05) is 6.42 Å². The van der Waals surface area contributed by atoms with Gasteiger partial charge >= 0.3 is 5.97 Å². The zero-order valence-corrected chi connectivity index (χ0v) is 9.64. The quantitative estimate of drug-likeness (QED) is 0.588. The third-order valence-corrected chi connectivity index (χ3v) is 2.86. The number of hydrogen-bond acceptors (Lipinski definition) is 4. The molecular weight excluding hydrogens is 236 g/mol. The molecule has 0 radical (unpaired) electrons. The molecule has 0 unspecified atom stereocenters. The first kappa shape index (κ1) is 12.4. The van der Waals surface area contributed by atoms with E-state index in [2.05, 4.69) is 10.6 Å². The summed E-state index contributed by atoms with van der Waals surface area (Å²) in [5.41, 5.74) is 0.153. The summed E-state index contributed by atoms with van der Waals surface area (Å²) in [6.07, 6.45) is 0.365. The fraction of sp³-hybridized carbons (Fsp3) is 0.333. The van der Waals surface area contributed by atoms with E-state index in [1.54, 1.807) is 0 Å². The summed E-state index contributed by atoms with van der Waals surface area (Å²) in [6.45, 7) is 1.63. The van der Waals surface area contributed by atoms with Crippen molar-refractivity contribution < 1.29 is 19.8 Å². The van der Waals surface area contributed by atoms with Crippen LogP contribution in [0.3, 0.4) is 0 Å². The highest BCUT2D eigenvalue weighted by Crippen LogP contribution is 2.24. The molecule has 96 valence electrons. The first-order valence-electron chi connectivity index (χ1n) is 5.63. The third-order valence-electron chi connectivity index (χ3n) is 2.86. The van der Waals surface area contributed by atoms with Crippen molar-refractivity contribution in [3.63, 3.8) is 0 Å². The molecule has 6 nitrogen and oxygen atoms in total. The molecule has 1 aliphatic rings. The number of benzene rings is 1. The normalized spacial score (nSPS) is 14.9. The maximum absolute atomic E-state index is 11.7. The number of amides is 1. The van der Waals surface area contributed by atoms with Crippen LogP contribution in [0, 0.1) is 5.92 Å². The van der Waals surface area contributed by atoms with Crippen molar-refractivity contribution >= 4 is 17.6 Å². The maximum Gasteiger partial charge on any atom is 0.335 e. The van der Waals surface area contributed by atoms with Crippen molar-refractivity contribution in [3.8, 4) is 5.75 Å². The van der Waals surface area contributed by atoms with Gasteiger partial charge in [0.15, 0.2) is 0 Å². The van der Waals surface area contributed by atoms with Gasteiger partial charge in [0.05, 0.1) is 11.3 Å². The van der Waals surface area contributed by atoms with E-state index in [0.29, 0.717) is 12.3 Å². The van der Waals surface area contributed by atoms with E-state index in [1.165, 1.54) is 18.2 Å². The lowest BCUT2D eigenvalue weighted by Crippen LogP contribution is -2.43. The minimum Gasteiger partial charge on any atom is -0.506 e. The van der Waals surface area contributed by atoms with Gasteiger partial charge in [-0.3, -0.25) is 4.79 Å². The van der Waals surface area contributed by atoms with Crippen LogP contribution in [-0.4, -0.2) is 35.2 Å². The van der Waals surface area contributed by atoms with E-state index in [1.807, 2.05) is 0 Å². The monoisotopic (exact) mass is 250 g/mol. The summed E-state index contributed by atoms with van der Waals surface area (Å²) >= 11 is 0. The Bertz CT molecular complexity index is 483.